The zero-order valence-corrected chi connectivity index (χ0v) is 9.21. The Morgan fingerprint density at radius 1 is 1.27 bits per heavy atom. The standard InChI is InChI=1S/C11H16FNO2/c1-7(6-13)8-4-5-9(12)11(15-3)10(8)14-2/h4-5,7H,6,13H2,1-3H3. The van der Waals surface area contributed by atoms with Gasteiger partial charge in [-0.25, -0.2) is 4.39 Å². The summed E-state index contributed by atoms with van der Waals surface area (Å²) in [6.45, 7) is 2.43. The van der Waals surface area contributed by atoms with Gasteiger partial charge >= 0.3 is 0 Å². The van der Waals surface area contributed by atoms with Crippen molar-refractivity contribution >= 4 is 0 Å². The van der Waals surface area contributed by atoms with Gasteiger partial charge in [0.15, 0.2) is 17.3 Å². The maximum atomic E-state index is 13.3. The van der Waals surface area contributed by atoms with E-state index in [2.05, 4.69) is 0 Å². The highest BCUT2D eigenvalue weighted by Crippen LogP contribution is 2.37. The van der Waals surface area contributed by atoms with Crippen LogP contribution in [0.4, 0.5) is 4.39 Å². The number of nitrogens with two attached hydrogens (primary N) is 1. The Balaban J connectivity index is 3.28. The van der Waals surface area contributed by atoms with E-state index in [1.165, 1.54) is 20.3 Å². The van der Waals surface area contributed by atoms with Gasteiger partial charge in [0.05, 0.1) is 14.2 Å². The molecule has 1 aromatic carbocycles. The smallest absolute Gasteiger partial charge is 0.197 e. The lowest BCUT2D eigenvalue weighted by atomic mass is 9.99. The topological polar surface area (TPSA) is 44.5 Å². The van der Waals surface area contributed by atoms with Gasteiger partial charge < -0.3 is 15.2 Å². The number of benzene rings is 1. The quantitative estimate of drug-likeness (QED) is 0.830. The Kier molecular flexibility index (Phi) is 3.91. The number of hydrogen-bond donors (Lipinski definition) is 1. The number of ether oxygens (including phenoxy) is 2. The molecule has 0 aliphatic heterocycles. The molecule has 0 amide bonds. The Bertz CT molecular complexity index is 342. The van der Waals surface area contributed by atoms with Crippen molar-refractivity contribution in [2.45, 2.75) is 12.8 Å². The molecule has 0 fully saturated rings. The maximum Gasteiger partial charge on any atom is 0.197 e. The summed E-state index contributed by atoms with van der Waals surface area (Å²) in [6, 6.07) is 3.04. The third kappa shape index (κ3) is 2.21. The summed E-state index contributed by atoms with van der Waals surface area (Å²) in [6.07, 6.45) is 0. The average molecular weight is 213 g/mol. The van der Waals surface area contributed by atoms with E-state index < -0.39 is 5.82 Å². The molecule has 0 aromatic heterocycles. The molecule has 0 saturated carbocycles. The van der Waals surface area contributed by atoms with E-state index in [4.69, 9.17) is 15.2 Å². The summed E-state index contributed by atoms with van der Waals surface area (Å²) >= 11 is 0. The molecule has 1 rings (SSSR count). The van der Waals surface area contributed by atoms with Gasteiger partial charge in [0.25, 0.3) is 0 Å². The minimum absolute atomic E-state index is 0.106. The van der Waals surface area contributed by atoms with Crippen LogP contribution in [0.1, 0.15) is 18.4 Å². The predicted molar refractivity (Wildman–Crippen MR) is 57.0 cm³/mol. The second kappa shape index (κ2) is 4.98. The fourth-order valence-electron chi connectivity index (χ4n) is 1.47. The normalized spacial score (nSPS) is 12.3. The van der Waals surface area contributed by atoms with Gasteiger partial charge in [-0.2, -0.15) is 0 Å². The van der Waals surface area contributed by atoms with E-state index in [1.807, 2.05) is 6.92 Å². The third-order valence-electron chi connectivity index (χ3n) is 2.39. The van der Waals surface area contributed by atoms with Gasteiger partial charge in [-0.1, -0.05) is 13.0 Å². The Morgan fingerprint density at radius 2 is 1.87 bits per heavy atom. The number of halogens is 1. The molecule has 2 N–H and O–H groups in total. The highest BCUT2D eigenvalue weighted by molar-refractivity contribution is 5.49. The fourth-order valence-corrected chi connectivity index (χ4v) is 1.47. The molecule has 0 radical (unpaired) electrons. The number of hydrogen-bond acceptors (Lipinski definition) is 3. The molecule has 0 spiro atoms. The van der Waals surface area contributed by atoms with Crippen molar-refractivity contribution in [3.8, 4) is 11.5 Å². The summed E-state index contributed by atoms with van der Waals surface area (Å²) in [5, 5.41) is 0. The first kappa shape index (κ1) is 11.8. The van der Waals surface area contributed by atoms with Crippen LogP contribution < -0.4 is 15.2 Å². The second-order valence-corrected chi connectivity index (χ2v) is 3.34. The van der Waals surface area contributed by atoms with E-state index in [0.29, 0.717) is 12.3 Å². The number of rotatable bonds is 4. The summed E-state index contributed by atoms with van der Waals surface area (Å²) in [4.78, 5) is 0. The Morgan fingerprint density at radius 3 is 2.33 bits per heavy atom. The summed E-state index contributed by atoms with van der Waals surface area (Å²) in [7, 11) is 2.90. The van der Waals surface area contributed by atoms with Gasteiger partial charge in [0.1, 0.15) is 0 Å². The third-order valence-corrected chi connectivity index (χ3v) is 2.39. The lowest BCUT2D eigenvalue weighted by Crippen LogP contribution is -2.11. The largest absolute Gasteiger partial charge is 0.492 e. The van der Waals surface area contributed by atoms with E-state index in [9.17, 15) is 4.39 Å². The lowest BCUT2D eigenvalue weighted by molar-refractivity contribution is 0.333. The molecule has 0 aliphatic carbocycles. The fraction of sp³-hybridized carbons (Fsp3) is 0.455. The van der Waals surface area contributed by atoms with E-state index >= 15 is 0 Å². The Labute approximate surface area is 89.0 Å². The summed E-state index contributed by atoms with van der Waals surface area (Å²) in [5.74, 6) is 0.238. The second-order valence-electron chi connectivity index (χ2n) is 3.34. The van der Waals surface area contributed by atoms with Crippen LogP contribution in [0.5, 0.6) is 11.5 Å². The molecule has 3 nitrogen and oxygen atoms in total. The van der Waals surface area contributed by atoms with E-state index in [0.717, 1.165) is 5.56 Å². The van der Waals surface area contributed by atoms with Crippen LogP contribution in [0.2, 0.25) is 0 Å². The first-order valence-electron chi connectivity index (χ1n) is 4.76. The molecule has 0 bridgehead atoms. The molecule has 15 heavy (non-hydrogen) atoms. The van der Waals surface area contributed by atoms with Gasteiger partial charge in [-0.3, -0.25) is 0 Å². The van der Waals surface area contributed by atoms with Crippen molar-refractivity contribution in [2.75, 3.05) is 20.8 Å². The summed E-state index contributed by atoms with van der Waals surface area (Å²) < 4.78 is 23.5. The minimum atomic E-state index is -0.428. The van der Waals surface area contributed by atoms with E-state index in [-0.39, 0.29) is 11.7 Å². The first-order chi connectivity index (χ1) is 7.15. The van der Waals surface area contributed by atoms with Crippen LogP contribution in [0.15, 0.2) is 12.1 Å². The summed E-state index contributed by atoms with van der Waals surface area (Å²) in [5.41, 5.74) is 6.43. The lowest BCUT2D eigenvalue weighted by Gasteiger charge is -2.16. The SMILES string of the molecule is COc1c(F)ccc(C(C)CN)c1OC. The molecule has 0 heterocycles. The molecular formula is C11H16FNO2. The minimum Gasteiger partial charge on any atom is -0.492 e. The Hall–Kier alpha value is -1.29. The molecule has 84 valence electrons. The van der Waals surface area contributed by atoms with Crippen LogP contribution >= 0.6 is 0 Å². The molecule has 0 aliphatic rings. The molecule has 1 aromatic rings. The highest BCUT2D eigenvalue weighted by Gasteiger charge is 2.18. The maximum absolute atomic E-state index is 13.3. The average Bonchev–Trinajstić information content (AvgIpc) is 2.27. The predicted octanol–water partition coefficient (Wildman–Crippen LogP) is 1.91. The van der Waals surface area contributed by atoms with Crippen LogP contribution in [0, 0.1) is 5.82 Å². The zero-order valence-electron chi connectivity index (χ0n) is 9.21. The van der Waals surface area contributed by atoms with Crippen LogP contribution in [-0.4, -0.2) is 20.8 Å². The van der Waals surface area contributed by atoms with Gasteiger partial charge in [-0.05, 0) is 18.5 Å². The first-order valence-corrected chi connectivity index (χ1v) is 4.76. The van der Waals surface area contributed by atoms with Crippen molar-refractivity contribution in [1.82, 2.24) is 0 Å². The van der Waals surface area contributed by atoms with Gasteiger partial charge in [0, 0.05) is 5.56 Å². The molecule has 0 saturated heterocycles. The van der Waals surface area contributed by atoms with Crippen molar-refractivity contribution in [3.63, 3.8) is 0 Å². The van der Waals surface area contributed by atoms with Crippen molar-refractivity contribution in [3.05, 3.63) is 23.5 Å². The van der Waals surface area contributed by atoms with Crippen LogP contribution in [-0.2, 0) is 0 Å². The number of methoxy groups -OCH3 is 2. The van der Waals surface area contributed by atoms with E-state index in [1.54, 1.807) is 6.07 Å². The van der Waals surface area contributed by atoms with Crippen LogP contribution in [0.25, 0.3) is 0 Å². The monoisotopic (exact) mass is 213 g/mol. The highest BCUT2D eigenvalue weighted by atomic mass is 19.1. The van der Waals surface area contributed by atoms with Crippen molar-refractivity contribution in [1.29, 1.82) is 0 Å². The van der Waals surface area contributed by atoms with Crippen LogP contribution in [0.3, 0.4) is 0 Å². The zero-order chi connectivity index (χ0) is 11.4. The van der Waals surface area contributed by atoms with Crippen molar-refractivity contribution in [2.24, 2.45) is 5.73 Å². The van der Waals surface area contributed by atoms with Gasteiger partial charge in [-0.15, -0.1) is 0 Å². The van der Waals surface area contributed by atoms with Crippen molar-refractivity contribution < 1.29 is 13.9 Å². The molecular weight excluding hydrogens is 197 g/mol. The molecule has 1 unspecified atom stereocenters. The molecule has 4 heteroatoms. The van der Waals surface area contributed by atoms with Gasteiger partial charge in [0.2, 0.25) is 0 Å². The molecule has 1 atom stereocenters.